The molecule has 0 unspecified atom stereocenters. The maximum absolute atomic E-state index is 2.39. The van der Waals surface area contributed by atoms with Gasteiger partial charge in [0.05, 0.1) is 0 Å². The standard InChI is InChI=1S/C54H37N/c1-3-13-38(14-4-1)46-34-47(39-15-5-2-6-16-39)36-50(35-46)55(48-29-25-41(26-30-48)44-24-23-40-17-7-8-18-43(40)33-44)49-31-27-42(28-32-49)54-37-45-19-9-10-20-51(45)52-21-11-12-22-53(52)54/h1-37H. The molecule has 1 nitrogen and oxygen atoms in total. The fourth-order valence-electron chi connectivity index (χ4n) is 8.04. The lowest BCUT2D eigenvalue weighted by atomic mass is 9.93. The van der Waals surface area contributed by atoms with Gasteiger partial charge in [0.25, 0.3) is 0 Å². The Morgan fingerprint density at radius 2 is 0.691 bits per heavy atom. The van der Waals surface area contributed by atoms with E-state index in [0.717, 1.165) is 17.1 Å². The molecule has 0 bridgehead atoms. The molecular formula is C54H37N. The lowest BCUT2D eigenvalue weighted by Crippen LogP contribution is -2.10. The monoisotopic (exact) mass is 699 g/mol. The molecule has 0 N–H and O–H groups in total. The molecule has 258 valence electrons. The van der Waals surface area contributed by atoms with Crippen LogP contribution in [0.5, 0.6) is 0 Å². The molecule has 0 saturated heterocycles. The topological polar surface area (TPSA) is 3.24 Å². The molecule has 0 saturated carbocycles. The van der Waals surface area contributed by atoms with Gasteiger partial charge >= 0.3 is 0 Å². The van der Waals surface area contributed by atoms with Crippen LogP contribution >= 0.6 is 0 Å². The van der Waals surface area contributed by atoms with E-state index >= 15 is 0 Å². The second kappa shape index (κ2) is 14.0. The zero-order valence-electron chi connectivity index (χ0n) is 30.3. The lowest BCUT2D eigenvalue weighted by Gasteiger charge is -2.27. The summed E-state index contributed by atoms with van der Waals surface area (Å²) >= 11 is 0. The number of nitrogens with zero attached hydrogens (tertiary/aromatic N) is 1. The summed E-state index contributed by atoms with van der Waals surface area (Å²) in [6.07, 6.45) is 0. The van der Waals surface area contributed by atoms with Crippen LogP contribution in [-0.2, 0) is 0 Å². The van der Waals surface area contributed by atoms with Crippen LogP contribution in [-0.4, -0.2) is 0 Å². The Morgan fingerprint density at radius 3 is 1.33 bits per heavy atom. The fourth-order valence-corrected chi connectivity index (χ4v) is 8.04. The van der Waals surface area contributed by atoms with Crippen LogP contribution in [0, 0.1) is 0 Å². The van der Waals surface area contributed by atoms with E-state index in [1.54, 1.807) is 0 Å². The Bertz CT molecular complexity index is 2890. The highest BCUT2D eigenvalue weighted by molar-refractivity contribution is 6.13. The quantitative estimate of drug-likeness (QED) is 0.150. The van der Waals surface area contributed by atoms with Crippen LogP contribution < -0.4 is 4.90 Å². The maximum atomic E-state index is 2.39. The highest BCUT2D eigenvalue weighted by Gasteiger charge is 2.17. The van der Waals surface area contributed by atoms with Crippen molar-refractivity contribution in [3.8, 4) is 44.5 Å². The lowest BCUT2D eigenvalue weighted by molar-refractivity contribution is 1.28. The zero-order valence-corrected chi connectivity index (χ0v) is 30.3. The summed E-state index contributed by atoms with van der Waals surface area (Å²) in [5, 5.41) is 7.57. The van der Waals surface area contributed by atoms with Crippen molar-refractivity contribution >= 4 is 49.4 Å². The number of fused-ring (bicyclic) bond motifs is 4. The molecule has 0 radical (unpaired) electrons. The van der Waals surface area contributed by atoms with Crippen molar-refractivity contribution in [1.82, 2.24) is 0 Å². The van der Waals surface area contributed by atoms with Crippen LogP contribution in [0.4, 0.5) is 17.1 Å². The van der Waals surface area contributed by atoms with Crippen molar-refractivity contribution in [2.24, 2.45) is 0 Å². The molecule has 0 aliphatic carbocycles. The Balaban J connectivity index is 1.13. The van der Waals surface area contributed by atoms with Gasteiger partial charge in [0.2, 0.25) is 0 Å². The van der Waals surface area contributed by atoms with Crippen molar-refractivity contribution in [3.05, 3.63) is 224 Å². The molecular weight excluding hydrogens is 663 g/mol. The number of hydrogen-bond acceptors (Lipinski definition) is 1. The first-order valence-electron chi connectivity index (χ1n) is 18.9. The molecule has 10 aromatic rings. The van der Waals surface area contributed by atoms with E-state index in [9.17, 15) is 0 Å². The molecule has 0 atom stereocenters. The van der Waals surface area contributed by atoms with Crippen LogP contribution in [0.1, 0.15) is 0 Å². The molecule has 0 aromatic heterocycles. The van der Waals surface area contributed by atoms with Crippen LogP contribution in [0.15, 0.2) is 224 Å². The fraction of sp³-hybridized carbons (Fsp3) is 0. The van der Waals surface area contributed by atoms with Crippen molar-refractivity contribution in [2.75, 3.05) is 4.90 Å². The molecule has 1 heteroatoms. The average molecular weight is 700 g/mol. The average Bonchev–Trinajstić information content (AvgIpc) is 3.27. The van der Waals surface area contributed by atoms with Gasteiger partial charge in [-0.3, -0.25) is 0 Å². The minimum absolute atomic E-state index is 1.09. The number of rotatable bonds is 7. The molecule has 0 aliphatic heterocycles. The third kappa shape index (κ3) is 6.22. The van der Waals surface area contributed by atoms with Gasteiger partial charge < -0.3 is 4.90 Å². The highest BCUT2D eigenvalue weighted by atomic mass is 15.1. The maximum Gasteiger partial charge on any atom is 0.0473 e. The van der Waals surface area contributed by atoms with Crippen molar-refractivity contribution in [2.45, 2.75) is 0 Å². The van der Waals surface area contributed by atoms with Gasteiger partial charge in [-0.25, -0.2) is 0 Å². The predicted molar refractivity (Wildman–Crippen MR) is 235 cm³/mol. The minimum Gasteiger partial charge on any atom is -0.310 e. The van der Waals surface area contributed by atoms with E-state index < -0.39 is 0 Å². The van der Waals surface area contributed by atoms with Crippen LogP contribution in [0.3, 0.4) is 0 Å². The first-order chi connectivity index (χ1) is 27.2. The van der Waals surface area contributed by atoms with Gasteiger partial charge in [0, 0.05) is 17.1 Å². The molecule has 0 fully saturated rings. The summed E-state index contributed by atoms with van der Waals surface area (Å²) in [6, 6.07) is 81.5. The number of hydrogen-bond donors (Lipinski definition) is 0. The molecule has 55 heavy (non-hydrogen) atoms. The number of anilines is 3. The van der Waals surface area contributed by atoms with E-state index in [2.05, 4.69) is 229 Å². The third-order valence-electron chi connectivity index (χ3n) is 10.8. The second-order valence-electron chi connectivity index (χ2n) is 14.2. The van der Waals surface area contributed by atoms with E-state index in [0.29, 0.717) is 0 Å². The zero-order chi connectivity index (χ0) is 36.6. The van der Waals surface area contributed by atoms with Gasteiger partial charge in [0.15, 0.2) is 0 Å². The van der Waals surface area contributed by atoms with Gasteiger partial charge in [-0.15, -0.1) is 0 Å². The van der Waals surface area contributed by atoms with Gasteiger partial charge in [0.1, 0.15) is 0 Å². The van der Waals surface area contributed by atoms with E-state index in [4.69, 9.17) is 0 Å². The Morgan fingerprint density at radius 1 is 0.218 bits per heavy atom. The predicted octanol–water partition coefficient (Wildman–Crippen LogP) is 15.3. The van der Waals surface area contributed by atoms with Crippen molar-refractivity contribution in [3.63, 3.8) is 0 Å². The Labute approximate surface area is 322 Å². The Hall–Kier alpha value is -7.22. The summed E-state index contributed by atoms with van der Waals surface area (Å²) < 4.78 is 0. The van der Waals surface area contributed by atoms with Gasteiger partial charge in [-0.05, 0) is 131 Å². The SMILES string of the molecule is c1ccc(-c2cc(-c3ccccc3)cc(N(c3ccc(-c4ccc5ccccc5c4)cc3)c3ccc(-c4cc5ccccc5c5ccccc45)cc3)c2)cc1. The molecule has 0 aliphatic rings. The molecule has 0 spiro atoms. The highest BCUT2D eigenvalue weighted by Crippen LogP contribution is 2.42. The van der Waals surface area contributed by atoms with E-state index in [1.807, 2.05) is 0 Å². The normalized spacial score (nSPS) is 11.3. The first-order valence-corrected chi connectivity index (χ1v) is 18.9. The van der Waals surface area contributed by atoms with Crippen LogP contribution in [0.25, 0.3) is 76.8 Å². The second-order valence-corrected chi connectivity index (χ2v) is 14.2. The summed E-state index contributed by atoms with van der Waals surface area (Å²) in [4.78, 5) is 2.39. The first kappa shape index (κ1) is 32.4. The largest absolute Gasteiger partial charge is 0.310 e. The smallest absolute Gasteiger partial charge is 0.0473 e. The minimum atomic E-state index is 1.09. The van der Waals surface area contributed by atoms with Crippen molar-refractivity contribution < 1.29 is 0 Å². The molecule has 10 aromatic carbocycles. The van der Waals surface area contributed by atoms with Crippen LogP contribution in [0.2, 0.25) is 0 Å². The van der Waals surface area contributed by atoms with Crippen molar-refractivity contribution in [1.29, 1.82) is 0 Å². The molecule has 0 amide bonds. The van der Waals surface area contributed by atoms with Gasteiger partial charge in [-0.1, -0.05) is 170 Å². The summed E-state index contributed by atoms with van der Waals surface area (Å²) in [5.74, 6) is 0. The summed E-state index contributed by atoms with van der Waals surface area (Å²) in [7, 11) is 0. The molecule has 10 rings (SSSR count). The Kier molecular flexibility index (Phi) is 8.24. The van der Waals surface area contributed by atoms with Gasteiger partial charge in [-0.2, -0.15) is 0 Å². The van der Waals surface area contributed by atoms with E-state index in [-0.39, 0.29) is 0 Å². The number of benzene rings is 10. The summed E-state index contributed by atoms with van der Waals surface area (Å²) in [5.41, 5.74) is 12.8. The summed E-state index contributed by atoms with van der Waals surface area (Å²) in [6.45, 7) is 0. The van der Waals surface area contributed by atoms with E-state index in [1.165, 1.54) is 76.8 Å². The third-order valence-corrected chi connectivity index (χ3v) is 10.8. The molecule has 0 heterocycles.